The third kappa shape index (κ3) is 2.68. The van der Waals surface area contributed by atoms with Crippen LogP contribution in [0.4, 0.5) is 0 Å². The van der Waals surface area contributed by atoms with Crippen molar-refractivity contribution in [2.75, 3.05) is 0 Å². The summed E-state index contributed by atoms with van der Waals surface area (Å²) in [5.74, 6) is 0.627. The van der Waals surface area contributed by atoms with E-state index < -0.39 is 0 Å². The van der Waals surface area contributed by atoms with Gasteiger partial charge in [-0.2, -0.15) is 0 Å². The standard InChI is InChI=1S/C18H22N3/c1-4-14(2)16-11-9-15(10-12-16)13-21-18-8-6-5-7-17(18)20(3)19-21/h5-12,14H,4,13H2,1-3H3/q+1. The molecule has 1 unspecified atom stereocenters. The molecule has 3 rings (SSSR count). The smallest absolute Gasteiger partial charge is 0.132 e. The van der Waals surface area contributed by atoms with Gasteiger partial charge >= 0.3 is 0 Å². The van der Waals surface area contributed by atoms with Crippen LogP contribution in [-0.4, -0.2) is 9.90 Å². The number of hydrogen-bond acceptors (Lipinski definition) is 1. The Bertz CT molecular complexity index is 741. The van der Waals surface area contributed by atoms with E-state index >= 15 is 0 Å². The molecule has 3 heteroatoms. The molecule has 1 heterocycles. The van der Waals surface area contributed by atoms with Crippen molar-refractivity contribution in [1.29, 1.82) is 0 Å². The van der Waals surface area contributed by atoms with Crippen molar-refractivity contribution in [1.82, 2.24) is 9.90 Å². The first-order valence-electron chi connectivity index (χ1n) is 7.59. The van der Waals surface area contributed by atoms with Gasteiger partial charge in [0.1, 0.15) is 13.6 Å². The minimum Gasteiger partial charge on any atom is -0.132 e. The van der Waals surface area contributed by atoms with E-state index in [0.717, 1.165) is 12.1 Å². The lowest BCUT2D eigenvalue weighted by Gasteiger charge is -2.08. The van der Waals surface area contributed by atoms with Gasteiger partial charge in [-0.05, 0) is 35.6 Å². The van der Waals surface area contributed by atoms with Crippen molar-refractivity contribution < 1.29 is 4.68 Å². The Morgan fingerprint density at radius 1 is 1.10 bits per heavy atom. The summed E-state index contributed by atoms with van der Waals surface area (Å²) in [4.78, 5) is 0. The monoisotopic (exact) mass is 280 g/mol. The lowest BCUT2D eigenvalue weighted by atomic mass is 9.98. The molecule has 0 fully saturated rings. The van der Waals surface area contributed by atoms with Crippen LogP contribution in [0.2, 0.25) is 0 Å². The van der Waals surface area contributed by atoms with E-state index in [1.165, 1.54) is 23.1 Å². The quantitative estimate of drug-likeness (QED) is 0.671. The predicted molar refractivity (Wildman–Crippen MR) is 85.2 cm³/mol. The first-order chi connectivity index (χ1) is 10.2. The summed E-state index contributed by atoms with van der Waals surface area (Å²) < 4.78 is 4.00. The van der Waals surface area contributed by atoms with E-state index in [0.29, 0.717) is 5.92 Å². The van der Waals surface area contributed by atoms with Crippen LogP contribution in [0.3, 0.4) is 0 Å². The van der Waals surface area contributed by atoms with Gasteiger partial charge in [-0.1, -0.05) is 50.2 Å². The molecule has 0 aliphatic heterocycles. The lowest BCUT2D eigenvalue weighted by Crippen LogP contribution is -2.31. The number of fused-ring (bicyclic) bond motifs is 1. The van der Waals surface area contributed by atoms with Crippen LogP contribution in [0.25, 0.3) is 11.0 Å². The molecule has 2 aromatic carbocycles. The minimum absolute atomic E-state index is 0.627. The van der Waals surface area contributed by atoms with Crippen LogP contribution in [0.5, 0.6) is 0 Å². The summed E-state index contributed by atoms with van der Waals surface area (Å²) in [5.41, 5.74) is 5.03. The van der Waals surface area contributed by atoms with Gasteiger partial charge in [0, 0.05) is 0 Å². The van der Waals surface area contributed by atoms with Gasteiger partial charge < -0.3 is 0 Å². The highest BCUT2D eigenvalue weighted by Gasteiger charge is 2.14. The van der Waals surface area contributed by atoms with E-state index in [2.05, 4.69) is 72.3 Å². The van der Waals surface area contributed by atoms with E-state index in [-0.39, 0.29) is 0 Å². The minimum atomic E-state index is 0.627. The normalized spacial score (nSPS) is 12.7. The summed E-state index contributed by atoms with van der Waals surface area (Å²) in [6.45, 7) is 5.31. The Morgan fingerprint density at radius 3 is 2.52 bits per heavy atom. The molecule has 0 aliphatic rings. The highest BCUT2D eigenvalue weighted by atomic mass is 15.5. The second-order valence-corrected chi connectivity index (χ2v) is 5.71. The number of aromatic nitrogens is 3. The maximum absolute atomic E-state index is 4.59. The fraction of sp³-hybridized carbons (Fsp3) is 0.333. The first kappa shape index (κ1) is 13.8. The Morgan fingerprint density at radius 2 is 1.81 bits per heavy atom. The van der Waals surface area contributed by atoms with E-state index in [9.17, 15) is 0 Å². The van der Waals surface area contributed by atoms with E-state index in [1.54, 1.807) is 0 Å². The molecule has 0 aliphatic carbocycles. The fourth-order valence-electron chi connectivity index (χ4n) is 2.69. The number of para-hydroxylation sites is 2. The number of aryl methyl sites for hydroxylation is 1. The molecule has 3 nitrogen and oxygen atoms in total. The van der Waals surface area contributed by atoms with Crippen molar-refractivity contribution >= 4 is 11.0 Å². The summed E-state index contributed by atoms with van der Waals surface area (Å²) >= 11 is 0. The van der Waals surface area contributed by atoms with Gasteiger partial charge in [0.2, 0.25) is 0 Å². The molecule has 108 valence electrons. The van der Waals surface area contributed by atoms with Crippen LogP contribution < -0.4 is 4.68 Å². The maximum Gasteiger partial charge on any atom is 0.198 e. The van der Waals surface area contributed by atoms with E-state index in [4.69, 9.17) is 0 Å². The summed E-state index contributed by atoms with van der Waals surface area (Å²) in [6.07, 6.45) is 1.18. The molecule has 1 atom stereocenters. The highest BCUT2D eigenvalue weighted by Crippen LogP contribution is 2.19. The van der Waals surface area contributed by atoms with E-state index in [1.807, 2.05) is 11.7 Å². The SMILES string of the molecule is CCC(C)c1ccc(Cn2n[n+](C)c3ccccc32)cc1. The molecule has 3 aromatic rings. The lowest BCUT2D eigenvalue weighted by molar-refractivity contribution is -0.709. The van der Waals surface area contributed by atoms with Crippen molar-refractivity contribution in [2.45, 2.75) is 32.7 Å². The van der Waals surface area contributed by atoms with Crippen LogP contribution in [0, 0.1) is 0 Å². The zero-order chi connectivity index (χ0) is 14.8. The molecule has 0 spiro atoms. The molecule has 0 N–H and O–H groups in total. The number of nitrogens with zero attached hydrogens (tertiary/aromatic N) is 3. The van der Waals surface area contributed by atoms with Crippen molar-refractivity contribution in [2.24, 2.45) is 7.05 Å². The molecular formula is C18H22N3+. The van der Waals surface area contributed by atoms with Gasteiger partial charge in [0.15, 0.2) is 11.0 Å². The maximum atomic E-state index is 4.59. The molecule has 0 saturated carbocycles. The number of rotatable bonds is 4. The van der Waals surface area contributed by atoms with Crippen LogP contribution in [0.1, 0.15) is 37.3 Å². The van der Waals surface area contributed by atoms with Crippen molar-refractivity contribution in [3.8, 4) is 0 Å². The molecule has 0 amide bonds. The van der Waals surface area contributed by atoms with Gasteiger partial charge in [-0.25, -0.2) is 0 Å². The van der Waals surface area contributed by atoms with Gasteiger partial charge in [0.25, 0.3) is 0 Å². The number of benzene rings is 2. The Labute approximate surface area is 125 Å². The summed E-state index contributed by atoms with van der Waals surface area (Å²) in [5, 5.41) is 4.59. The molecule has 0 radical (unpaired) electrons. The van der Waals surface area contributed by atoms with Gasteiger partial charge in [-0.15, -0.1) is 9.36 Å². The van der Waals surface area contributed by atoms with Crippen molar-refractivity contribution in [3.05, 3.63) is 59.7 Å². The average molecular weight is 280 g/mol. The molecular weight excluding hydrogens is 258 g/mol. The zero-order valence-electron chi connectivity index (χ0n) is 13.0. The largest absolute Gasteiger partial charge is 0.198 e. The third-order valence-electron chi connectivity index (χ3n) is 4.24. The van der Waals surface area contributed by atoms with Crippen LogP contribution >= 0.6 is 0 Å². The Kier molecular flexibility index (Phi) is 3.74. The highest BCUT2D eigenvalue weighted by molar-refractivity contribution is 5.70. The van der Waals surface area contributed by atoms with Gasteiger partial charge in [-0.3, -0.25) is 0 Å². The zero-order valence-corrected chi connectivity index (χ0v) is 13.0. The number of hydrogen-bond donors (Lipinski definition) is 0. The second kappa shape index (κ2) is 5.68. The summed E-state index contributed by atoms with van der Waals surface area (Å²) in [7, 11) is 1.99. The molecule has 0 bridgehead atoms. The Hall–Kier alpha value is -2.16. The third-order valence-corrected chi connectivity index (χ3v) is 4.24. The van der Waals surface area contributed by atoms with Gasteiger partial charge in [0.05, 0.1) is 5.21 Å². The molecule has 0 saturated heterocycles. The van der Waals surface area contributed by atoms with Crippen molar-refractivity contribution in [3.63, 3.8) is 0 Å². The fourth-order valence-corrected chi connectivity index (χ4v) is 2.69. The average Bonchev–Trinajstić information content (AvgIpc) is 2.84. The molecule has 21 heavy (non-hydrogen) atoms. The van der Waals surface area contributed by atoms with Crippen LogP contribution in [-0.2, 0) is 13.6 Å². The predicted octanol–water partition coefficient (Wildman–Crippen LogP) is 3.42. The second-order valence-electron chi connectivity index (χ2n) is 5.71. The summed E-state index contributed by atoms with van der Waals surface area (Å²) in [6, 6.07) is 17.3. The molecule has 1 aromatic heterocycles. The first-order valence-corrected chi connectivity index (χ1v) is 7.59. The topological polar surface area (TPSA) is 21.7 Å². The Balaban J connectivity index is 1.88. The van der Waals surface area contributed by atoms with Crippen LogP contribution in [0.15, 0.2) is 48.5 Å².